The molecule has 1 aromatic heterocycles. The number of ether oxygens (including phenoxy) is 2. The second kappa shape index (κ2) is 7.95. The molecule has 0 aliphatic carbocycles. The molecule has 2 aromatic carbocycles. The van der Waals surface area contributed by atoms with E-state index in [1.165, 1.54) is 12.1 Å². The van der Waals surface area contributed by atoms with Gasteiger partial charge in [-0.05, 0) is 42.7 Å². The molecule has 6 heteroatoms. The highest BCUT2D eigenvalue weighted by atomic mass is 16.6. The second-order valence-corrected chi connectivity index (χ2v) is 6.19. The van der Waals surface area contributed by atoms with Crippen LogP contribution in [0.1, 0.15) is 23.6 Å². The lowest BCUT2D eigenvalue weighted by atomic mass is 10.0. The number of aryl methyl sites for hydroxylation is 2. The molecule has 0 saturated heterocycles. The summed E-state index contributed by atoms with van der Waals surface area (Å²) in [6.45, 7) is 3.51. The molecule has 1 N–H and O–H groups in total. The van der Waals surface area contributed by atoms with E-state index in [0.29, 0.717) is 28.7 Å². The Morgan fingerprint density at radius 3 is 2.70 bits per heavy atom. The lowest BCUT2D eigenvalue weighted by molar-refractivity contribution is -0.147. The van der Waals surface area contributed by atoms with Crippen LogP contribution in [-0.4, -0.2) is 17.7 Å². The molecule has 0 spiro atoms. The summed E-state index contributed by atoms with van der Waals surface area (Å²) in [7, 11) is 0. The van der Waals surface area contributed by atoms with Gasteiger partial charge in [-0.25, -0.2) is 9.59 Å². The third-order valence-electron chi connectivity index (χ3n) is 4.15. The topological polar surface area (TPSA) is 86.0 Å². The fourth-order valence-electron chi connectivity index (χ4n) is 2.76. The van der Waals surface area contributed by atoms with Crippen LogP contribution in [0.2, 0.25) is 0 Å². The highest BCUT2D eigenvalue weighted by Crippen LogP contribution is 2.27. The number of fused-ring (bicyclic) bond motifs is 1. The monoisotopic (exact) mass is 368 g/mol. The maximum atomic E-state index is 12.0. The van der Waals surface area contributed by atoms with Gasteiger partial charge < -0.3 is 19.0 Å². The highest BCUT2D eigenvalue weighted by molar-refractivity contribution is 5.83. The smallest absolute Gasteiger partial charge is 0.344 e. The van der Waals surface area contributed by atoms with Crippen LogP contribution in [0.25, 0.3) is 11.0 Å². The van der Waals surface area contributed by atoms with Gasteiger partial charge in [0.1, 0.15) is 23.7 Å². The summed E-state index contributed by atoms with van der Waals surface area (Å²) in [4.78, 5) is 23.7. The molecule has 1 heterocycles. The summed E-state index contributed by atoms with van der Waals surface area (Å²) in [6, 6.07) is 11.8. The number of hydrogen-bond donors (Lipinski definition) is 1. The molecule has 140 valence electrons. The Labute approximate surface area is 156 Å². The van der Waals surface area contributed by atoms with Gasteiger partial charge in [0.05, 0.1) is 0 Å². The Bertz CT molecular complexity index is 1030. The van der Waals surface area contributed by atoms with E-state index in [1.54, 1.807) is 12.1 Å². The predicted molar refractivity (Wildman–Crippen MR) is 100.0 cm³/mol. The van der Waals surface area contributed by atoms with Crippen molar-refractivity contribution < 1.29 is 23.8 Å². The number of aromatic hydroxyl groups is 1. The number of phenols is 1. The number of esters is 1. The van der Waals surface area contributed by atoms with Gasteiger partial charge in [-0.3, -0.25) is 0 Å². The van der Waals surface area contributed by atoms with E-state index in [1.807, 2.05) is 32.0 Å². The fourth-order valence-corrected chi connectivity index (χ4v) is 2.76. The van der Waals surface area contributed by atoms with E-state index < -0.39 is 11.6 Å². The molecular weight excluding hydrogens is 348 g/mol. The van der Waals surface area contributed by atoms with Gasteiger partial charge in [-0.2, -0.15) is 0 Å². The Morgan fingerprint density at radius 1 is 1.15 bits per heavy atom. The zero-order valence-electron chi connectivity index (χ0n) is 15.2. The van der Waals surface area contributed by atoms with Crippen molar-refractivity contribution in [3.05, 3.63) is 69.6 Å². The van der Waals surface area contributed by atoms with Gasteiger partial charge in [-0.15, -0.1) is 0 Å². The number of carbonyl (C=O) groups excluding carboxylic acids is 1. The minimum absolute atomic E-state index is 0.0637. The lowest BCUT2D eigenvalue weighted by Gasteiger charge is -2.10. The standard InChI is InChI=1S/C21H20O6/c1-3-14-8-17-15(9-20(23)27-19(17)10-18(14)22)11-26-21(24)12-25-16-6-4-5-13(2)7-16/h4-10,22H,3,11-12H2,1-2H3. The molecule has 0 unspecified atom stereocenters. The Hall–Kier alpha value is -3.28. The van der Waals surface area contributed by atoms with Gasteiger partial charge in [0, 0.05) is 23.1 Å². The van der Waals surface area contributed by atoms with Crippen molar-refractivity contribution in [2.24, 2.45) is 0 Å². The normalized spacial score (nSPS) is 10.7. The van der Waals surface area contributed by atoms with E-state index in [-0.39, 0.29) is 24.5 Å². The highest BCUT2D eigenvalue weighted by Gasteiger charge is 2.12. The van der Waals surface area contributed by atoms with Crippen molar-refractivity contribution in [2.45, 2.75) is 26.9 Å². The van der Waals surface area contributed by atoms with E-state index >= 15 is 0 Å². The molecule has 0 saturated carbocycles. The molecular formula is C21H20O6. The first-order valence-corrected chi connectivity index (χ1v) is 8.60. The van der Waals surface area contributed by atoms with E-state index in [9.17, 15) is 14.7 Å². The zero-order chi connectivity index (χ0) is 19.4. The van der Waals surface area contributed by atoms with E-state index in [4.69, 9.17) is 13.9 Å². The third-order valence-corrected chi connectivity index (χ3v) is 4.15. The average molecular weight is 368 g/mol. The molecule has 0 atom stereocenters. The molecule has 0 bridgehead atoms. The minimum atomic E-state index is -0.576. The van der Waals surface area contributed by atoms with Crippen LogP contribution in [0.15, 0.2) is 51.7 Å². The zero-order valence-corrected chi connectivity index (χ0v) is 15.2. The van der Waals surface area contributed by atoms with Crippen molar-refractivity contribution in [2.75, 3.05) is 6.61 Å². The van der Waals surface area contributed by atoms with Crippen LogP contribution in [0.3, 0.4) is 0 Å². The molecule has 0 radical (unpaired) electrons. The Kier molecular flexibility index (Phi) is 5.45. The summed E-state index contributed by atoms with van der Waals surface area (Å²) < 4.78 is 15.8. The average Bonchev–Trinajstić information content (AvgIpc) is 2.63. The predicted octanol–water partition coefficient (Wildman–Crippen LogP) is 3.49. The van der Waals surface area contributed by atoms with Gasteiger partial charge in [-0.1, -0.05) is 19.1 Å². The minimum Gasteiger partial charge on any atom is -0.508 e. The quantitative estimate of drug-likeness (QED) is 0.529. The molecule has 0 fully saturated rings. The van der Waals surface area contributed by atoms with Crippen molar-refractivity contribution >= 4 is 16.9 Å². The summed E-state index contributed by atoms with van der Waals surface area (Å²) >= 11 is 0. The molecule has 3 rings (SSSR count). The van der Waals surface area contributed by atoms with Crippen LogP contribution in [0.4, 0.5) is 0 Å². The SMILES string of the molecule is CCc1cc2c(COC(=O)COc3cccc(C)c3)cc(=O)oc2cc1O. The molecule has 0 aliphatic heterocycles. The first kappa shape index (κ1) is 18.5. The molecule has 27 heavy (non-hydrogen) atoms. The van der Waals surface area contributed by atoms with Crippen molar-refractivity contribution in [1.29, 1.82) is 0 Å². The number of phenolic OH excluding ortho intramolecular Hbond substituents is 1. The molecule has 3 aromatic rings. The van der Waals surface area contributed by atoms with Crippen LogP contribution in [-0.2, 0) is 22.6 Å². The maximum Gasteiger partial charge on any atom is 0.344 e. The number of hydrogen-bond acceptors (Lipinski definition) is 6. The van der Waals surface area contributed by atoms with Gasteiger partial charge in [0.15, 0.2) is 6.61 Å². The summed E-state index contributed by atoms with van der Waals surface area (Å²) in [6.07, 6.45) is 0.616. The summed E-state index contributed by atoms with van der Waals surface area (Å²) in [5.74, 6) is 0.0991. The third kappa shape index (κ3) is 4.47. The van der Waals surface area contributed by atoms with Crippen LogP contribution < -0.4 is 10.4 Å². The molecule has 0 aliphatic rings. The maximum absolute atomic E-state index is 12.0. The van der Waals surface area contributed by atoms with E-state index in [2.05, 4.69) is 0 Å². The number of carbonyl (C=O) groups is 1. The number of rotatable bonds is 6. The second-order valence-electron chi connectivity index (χ2n) is 6.19. The van der Waals surface area contributed by atoms with Crippen molar-refractivity contribution in [1.82, 2.24) is 0 Å². The van der Waals surface area contributed by atoms with Gasteiger partial charge in [0.2, 0.25) is 0 Å². The fraction of sp³-hybridized carbons (Fsp3) is 0.238. The first-order valence-electron chi connectivity index (χ1n) is 8.60. The van der Waals surface area contributed by atoms with Gasteiger partial charge in [0.25, 0.3) is 0 Å². The Morgan fingerprint density at radius 2 is 1.96 bits per heavy atom. The van der Waals surface area contributed by atoms with Crippen molar-refractivity contribution in [3.63, 3.8) is 0 Å². The number of benzene rings is 2. The summed E-state index contributed by atoms with van der Waals surface area (Å²) in [5, 5.41) is 10.6. The van der Waals surface area contributed by atoms with Crippen LogP contribution >= 0.6 is 0 Å². The lowest BCUT2D eigenvalue weighted by Crippen LogP contribution is -2.15. The van der Waals surface area contributed by atoms with Crippen molar-refractivity contribution in [3.8, 4) is 11.5 Å². The Balaban J connectivity index is 1.72. The van der Waals surface area contributed by atoms with Gasteiger partial charge >= 0.3 is 11.6 Å². The molecule has 0 amide bonds. The molecule has 6 nitrogen and oxygen atoms in total. The van der Waals surface area contributed by atoms with Crippen LogP contribution in [0.5, 0.6) is 11.5 Å². The van der Waals surface area contributed by atoms with Crippen LogP contribution in [0, 0.1) is 6.92 Å². The summed E-state index contributed by atoms with van der Waals surface area (Å²) in [5.41, 5.74) is 1.93. The largest absolute Gasteiger partial charge is 0.508 e. The van der Waals surface area contributed by atoms with E-state index in [0.717, 1.165) is 5.56 Å². The first-order chi connectivity index (χ1) is 13.0.